The lowest BCUT2D eigenvalue weighted by atomic mass is 9.65. The van der Waals surface area contributed by atoms with Crippen molar-refractivity contribution >= 4 is 48.6 Å². The van der Waals surface area contributed by atoms with Gasteiger partial charge in [0.1, 0.15) is 5.75 Å². The van der Waals surface area contributed by atoms with Crippen LogP contribution in [0.4, 0.5) is 17.1 Å². The van der Waals surface area contributed by atoms with Crippen LogP contribution in [0.1, 0.15) is 47.2 Å². The number of benzene rings is 11. The summed E-state index contributed by atoms with van der Waals surface area (Å²) in [6.45, 7) is 4.75. The van der Waals surface area contributed by atoms with Gasteiger partial charge >= 0.3 is 0 Å². The molecule has 0 N–H and O–H groups in total. The number of fused-ring (bicyclic) bond motifs is 23. The standard InChI is InChI=1S/C70H45NOS/c1-69(2)58-28-12-7-23-49(58)51-36-34-43(39-62(51)69)71(64-31-17-27-54-46-20-5-4-19-45(46)52-25-10-15-32-65(52)72-68(54)64)42-35-37-61-55(38-42)47-21-6-3-18-44(47)48-22-8-13-29-59(48)70(61)60-30-14-9-24-50(60)56-41-67-57(40-63(56)70)53-26-11-16-33-66(53)73-67/h3-41H,1-2H3. The van der Waals surface area contributed by atoms with Crippen LogP contribution in [0.5, 0.6) is 11.5 Å². The van der Waals surface area contributed by atoms with Gasteiger partial charge in [-0.3, -0.25) is 0 Å². The molecule has 0 saturated carbocycles. The molecule has 16 rings (SSSR count). The smallest absolute Gasteiger partial charge is 0.159 e. The molecule has 1 aliphatic heterocycles. The molecule has 73 heavy (non-hydrogen) atoms. The maximum absolute atomic E-state index is 7.33. The minimum atomic E-state index is -0.638. The van der Waals surface area contributed by atoms with E-state index in [4.69, 9.17) is 4.74 Å². The lowest BCUT2D eigenvalue weighted by molar-refractivity contribution is 0.489. The van der Waals surface area contributed by atoms with Gasteiger partial charge in [-0.2, -0.15) is 0 Å². The van der Waals surface area contributed by atoms with E-state index in [0.717, 1.165) is 50.8 Å². The molecule has 12 aromatic rings. The molecule has 1 atom stereocenters. The summed E-state index contributed by atoms with van der Waals surface area (Å²) in [7, 11) is 0. The Morgan fingerprint density at radius 1 is 0.329 bits per heavy atom. The normalized spacial score (nSPS) is 15.5. The number of thiophene rings is 1. The van der Waals surface area contributed by atoms with Crippen molar-refractivity contribution in [2.75, 3.05) is 4.90 Å². The third-order valence-electron chi connectivity index (χ3n) is 16.7. The van der Waals surface area contributed by atoms with Gasteiger partial charge in [-0.15, -0.1) is 11.3 Å². The molecule has 1 unspecified atom stereocenters. The molecule has 3 heteroatoms. The van der Waals surface area contributed by atoms with Crippen molar-refractivity contribution in [2.45, 2.75) is 24.7 Å². The molecule has 0 saturated heterocycles. The minimum Gasteiger partial charge on any atom is -0.454 e. The second kappa shape index (κ2) is 14.9. The average Bonchev–Trinajstić information content (AvgIpc) is 4.03. The van der Waals surface area contributed by atoms with Crippen LogP contribution in [-0.4, -0.2) is 0 Å². The van der Waals surface area contributed by atoms with E-state index in [1.54, 1.807) is 0 Å². The molecule has 0 amide bonds. The summed E-state index contributed by atoms with van der Waals surface area (Å²) < 4.78 is 9.96. The van der Waals surface area contributed by atoms with Crippen molar-refractivity contribution in [3.05, 3.63) is 270 Å². The zero-order valence-corrected chi connectivity index (χ0v) is 41.1. The van der Waals surface area contributed by atoms with Crippen molar-refractivity contribution in [3.63, 3.8) is 0 Å². The summed E-state index contributed by atoms with van der Waals surface area (Å²) in [6.07, 6.45) is 0. The summed E-state index contributed by atoms with van der Waals surface area (Å²) in [4.78, 5) is 2.47. The lowest BCUT2D eigenvalue weighted by Gasteiger charge is -2.36. The van der Waals surface area contributed by atoms with Crippen molar-refractivity contribution in [1.82, 2.24) is 0 Å². The molecule has 11 aromatic carbocycles. The van der Waals surface area contributed by atoms with Gasteiger partial charge in [0.25, 0.3) is 0 Å². The Kier molecular flexibility index (Phi) is 8.35. The Morgan fingerprint density at radius 2 is 0.836 bits per heavy atom. The number of hydrogen-bond donors (Lipinski definition) is 0. The number of para-hydroxylation sites is 2. The first-order chi connectivity index (χ1) is 36.0. The summed E-state index contributed by atoms with van der Waals surface area (Å²) in [6, 6.07) is 88.8. The predicted octanol–water partition coefficient (Wildman–Crippen LogP) is 19.3. The van der Waals surface area contributed by atoms with Gasteiger partial charge in [0.05, 0.1) is 11.1 Å². The van der Waals surface area contributed by atoms with Gasteiger partial charge in [0, 0.05) is 48.1 Å². The van der Waals surface area contributed by atoms with Crippen LogP contribution < -0.4 is 9.64 Å². The minimum absolute atomic E-state index is 0.205. The van der Waals surface area contributed by atoms with Crippen molar-refractivity contribution < 1.29 is 4.74 Å². The molecule has 2 nitrogen and oxygen atoms in total. The van der Waals surface area contributed by atoms with Gasteiger partial charge in [0.2, 0.25) is 0 Å². The molecule has 1 spiro atoms. The number of anilines is 3. The molecule has 0 fully saturated rings. The number of nitrogens with zero attached hydrogens (tertiary/aromatic N) is 1. The highest BCUT2D eigenvalue weighted by Crippen LogP contribution is 2.64. The first kappa shape index (κ1) is 40.9. The fourth-order valence-corrected chi connectivity index (χ4v) is 14.7. The lowest BCUT2D eigenvalue weighted by Crippen LogP contribution is -2.29. The molecular formula is C70H45NOS. The van der Waals surface area contributed by atoms with E-state index in [9.17, 15) is 0 Å². The molecule has 0 bridgehead atoms. The van der Waals surface area contributed by atoms with E-state index in [2.05, 4.69) is 255 Å². The van der Waals surface area contributed by atoms with E-state index in [1.165, 1.54) is 98.1 Å². The third-order valence-corrected chi connectivity index (χ3v) is 17.8. The first-order valence-corrected chi connectivity index (χ1v) is 26.2. The van der Waals surface area contributed by atoms with E-state index in [1.807, 2.05) is 11.3 Å². The van der Waals surface area contributed by atoms with E-state index in [0.29, 0.717) is 0 Å². The highest BCUT2D eigenvalue weighted by atomic mass is 32.1. The summed E-state index contributed by atoms with van der Waals surface area (Å²) >= 11 is 1.89. The molecule has 3 aliphatic carbocycles. The van der Waals surface area contributed by atoms with Crippen LogP contribution in [-0.2, 0) is 10.8 Å². The number of hydrogen-bond acceptors (Lipinski definition) is 3. The van der Waals surface area contributed by atoms with Gasteiger partial charge in [-0.05, 0) is 144 Å². The Balaban J connectivity index is 1.01. The van der Waals surface area contributed by atoms with Crippen LogP contribution in [0.2, 0.25) is 0 Å². The second-order valence-electron chi connectivity index (χ2n) is 20.6. The van der Waals surface area contributed by atoms with E-state index < -0.39 is 5.41 Å². The Morgan fingerprint density at radius 3 is 1.59 bits per heavy atom. The number of ether oxygens (including phenoxy) is 1. The van der Waals surface area contributed by atoms with Crippen LogP contribution in [0.3, 0.4) is 0 Å². The van der Waals surface area contributed by atoms with Crippen LogP contribution >= 0.6 is 11.3 Å². The van der Waals surface area contributed by atoms with Crippen molar-refractivity contribution in [2.24, 2.45) is 0 Å². The molecule has 0 radical (unpaired) electrons. The Labute approximate surface area is 428 Å². The summed E-state index contributed by atoms with van der Waals surface area (Å²) in [5.74, 6) is 1.67. The Bertz CT molecular complexity index is 4360. The quantitative estimate of drug-likeness (QED) is 0.175. The first-order valence-electron chi connectivity index (χ1n) is 25.4. The SMILES string of the molecule is CC1(C)c2ccccc2-c2ccc(N(c3ccc4c(c3)-c3ccccc3-c3ccccc3C43c4ccccc4-c4cc5sc6ccccc6c5cc43)c3cccc4c3Oc3ccccc3-c3ccccc3-4)cc21. The van der Waals surface area contributed by atoms with Crippen molar-refractivity contribution in [3.8, 4) is 78.3 Å². The zero-order chi connectivity index (χ0) is 48.2. The zero-order valence-electron chi connectivity index (χ0n) is 40.3. The maximum atomic E-state index is 7.33. The highest BCUT2D eigenvalue weighted by Gasteiger charge is 2.50. The van der Waals surface area contributed by atoms with E-state index in [-0.39, 0.29) is 5.41 Å². The molecule has 1 aromatic heterocycles. The monoisotopic (exact) mass is 947 g/mol. The Hall–Kier alpha value is -8.76. The third kappa shape index (κ3) is 5.47. The highest BCUT2D eigenvalue weighted by molar-refractivity contribution is 7.25. The number of rotatable bonds is 3. The molecule has 2 heterocycles. The van der Waals surface area contributed by atoms with Gasteiger partial charge in [-0.1, -0.05) is 196 Å². The average molecular weight is 948 g/mol. The predicted molar refractivity (Wildman–Crippen MR) is 304 cm³/mol. The van der Waals surface area contributed by atoms with Gasteiger partial charge < -0.3 is 9.64 Å². The topological polar surface area (TPSA) is 12.5 Å². The van der Waals surface area contributed by atoms with Crippen LogP contribution in [0.25, 0.3) is 86.9 Å². The van der Waals surface area contributed by atoms with Gasteiger partial charge in [0.15, 0.2) is 5.75 Å². The fourth-order valence-electron chi connectivity index (χ4n) is 13.6. The molecule has 4 aliphatic rings. The molecular weight excluding hydrogens is 903 g/mol. The fraction of sp³-hybridized carbons (Fsp3) is 0.0571. The van der Waals surface area contributed by atoms with Crippen LogP contribution in [0.15, 0.2) is 237 Å². The second-order valence-corrected chi connectivity index (χ2v) is 21.7. The summed E-state index contributed by atoms with van der Waals surface area (Å²) in [5, 5.41) is 2.62. The van der Waals surface area contributed by atoms with Crippen molar-refractivity contribution in [1.29, 1.82) is 0 Å². The summed E-state index contributed by atoms with van der Waals surface area (Å²) in [5.41, 5.74) is 24.7. The largest absolute Gasteiger partial charge is 0.454 e. The van der Waals surface area contributed by atoms with Gasteiger partial charge in [-0.25, -0.2) is 0 Å². The van der Waals surface area contributed by atoms with Crippen LogP contribution in [0, 0.1) is 0 Å². The van der Waals surface area contributed by atoms with E-state index >= 15 is 0 Å². The maximum Gasteiger partial charge on any atom is 0.159 e. The molecule has 342 valence electrons.